The Balaban J connectivity index is 1.55. The molecule has 0 saturated carbocycles. The number of halogens is 3. The molecule has 0 spiro atoms. The number of nitrogens with one attached hydrogen (secondary N) is 1. The van der Waals surface area contributed by atoms with Crippen molar-refractivity contribution in [2.75, 3.05) is 23.4 Å². The summed E-state index contributed by atoms with van der Waals surface area (Å²) in [5.41, 5.74) is 1.04. The Bertz CT molecular complexity index is 1190. The largest absolute Gasteiger partial charge is 0.492 e. The molecule has 2 aromatic heterocycles. The van der Waals surface area contributed by atoms with Crippen LogP contribution < -0.4 is 10.2 Å². The first-order valence-electron chi connectivity index (χ1n) is 10.9. The number of rotatable bonds is 5. The van der Waals surface area contributed by atoms with E-state index in [0.717, 1.165) is 18.9 Å². The molecular weight excluding hydrogens is 435 g/mol. The van der Waals surface area contributed by atoms with Gasteiger partial charge in [-0.05, 0) is 32.8 Å². The first-order valence-corrected chi connectivity index (χ1v) is 10.9. The van der Waals surface area contributed by atoms with Gasteiger partial charge in [0.1, 0.15) is 17.0 Å². The van der Waals surface area contributed by atoms with Crippen LogP contribution in [0.2, 0.25) is 0 Å². The zero-order valence-corrected chi connectivity index (χ0v) is 18.2. The summed E-state index contributed by atoms with van der Waals surface area (Å²) >= 11 is 0. The van der Waals surface area contributed by atoms with Gasteiger partial charge < -0.3 is 20.1 Å². The molecule has 3 atom stereocenters. The van der Waals surface area contributed by atoms with E-state index in [1.807, 2.05) is 6.07 Å². The molecule has 0 radical (unpaired) electrons. The molecule has 5 rings (SSSR count). The van der Waals surface area contributed by atoms with Crippen molar-refractivity contribution < 1.29 is 23.0 Å². The topological polar surface area (TPSA) is 83.4 Å². The summed E-state index contributed by atoms with van der Waals surface area (Å²) in [6.45, 7) is 4.57. The fourth-order valence-corrected chi connectivity index (χ4v) is 4.85. The summed E-state index contributed by atoms with van der Waals surface area (Å²) in [4.78, 5) is 6.55. The zero-order chi connectivity index (χ0) is 23.3. The molecule has 2 N–H and O–H groups in total. The van der Waals surface area contributed by atoms with Crippen molar-refractivity contribution in [3.8, 4) is 5.88 Å². The lowest BCUT2D eigenvalue weighted by molar-refractivity contribution is 0.0903. The Morgan fingerprint density at radius 3 is 2.55 bits per heavy atom. The summed E-state index contributed by atoms with van der Waals surface area (Å²) in [5, 5.41) is 22.8. The van der Waals surface area contributed by atoms with Crippen molar-refractivity contribution >= 4 is 22.4 Å². The fraction of sp³-hybridized carbons (Fsp3) is 0.435. The third kappa shape index (κ3) is 3.72. The van der Waals surface area contributed by atoms with E-state index in [4.69, 9.17) is 4.74 Å². The van der Waals surface area contributed by atoms with Crippen molar-refractivity contribution in [2.45, 2.75) is 51.2 Å². The van der Waals surface area contributed by atoms with Gasteiger partial charge in [-0.1, -0.05) is 18.2 Å². The number of hydrogen-bond donors (Lipinski definition) is 2. The lowest BCUT2D eigenvalue weighted by atomic mass is 10.0. The monoisotopic (exact) mass is 459 g/mol. The van der Waals surface area contributed by atoms with Crippen LogP contribution in [0.25, 0.3) is 10.9 Å². The molecule has 33 heavy (non-hydrogen) atoms. The number of pyridine rings is 1. The Morgan fingerprint density at radius 1 is 1.15 bits per heavy atom. The maximum Gasteiger partial charge on any atom is 0.266 e. The number of hydrogen-bond acceptors (Lipinski definition) is 7. The molecule has 2 saturated heterocycles. The van der Waals surface area contributed by atoms with Crippen molar-refractivity contribution in [2.24, 2.45) is 0 Å². The number of alkyl halides is 2. The van der Waals surface area contributed by atoms with Crippen LogP contribution in [-0.4, -0.2) is 45.6 Å². The Hall–Kier alpha value is -3.14. The Labute approximate surface area is 188 Å². The van der Waals surface area contributed by atoms with Crippen LogP contribution in [0.3, 0.4) is 0 Å². The molecule has 3 aromatic rings. The van der Waals surface area contributed by atoms with Gasteiger partial charge in [-0.15, -0.1) is 5.10 Å². The van der Waals surface area contributed by atoms with Gasteiger partial charge in [-0.25, -0.2) is 18.2 Å². The van der Waals surface area contributed by atoms with Crippen LogP contribution in [0, 0.1) is 12.7 Å². The molecule has 2 aliphatic rings. The van der Waals surface area contributed by atoms with E-state index in [-0.39, 0.29) is 23.5 Å². The minimum atomic E-state index is -2.91. The highest BCUT2D eigenvalue weighted by Gasteiger charge is 2.39. The van der Waals surface area contributed by atoms with E-state index in [9.17, 15) is 18.3 Å². The molecule has 4 heterocycles. The SMILES string of the molecule is Cc1nnc(N[C@H](C)c2cccc(C(F)F)c2F)c2cc(N3C4CCC3COC4)c(O)nc12. The van der Waals surface area contributed by atoms with Gasteiger partial charge in [0, 0.05) is 10.9 Å². The summed E-state index contributed by atoms with van der Waals surface area (Å²) < 4.78 is 46.6. The summed E-state index contributed by atoms with van der Waals surface area (Å²) in [5.74, 6) is -0.704. The lowest BCUT2D eigenvalue weighted by Gasteiger charge is -2.36. The first kappa shape index (κ1) is 21.7. The van der Waals surface area contributed by atoms with Crippen molar-refractivity contribution in [1.29, 1.82) is 0 Å². The van der Waals surface area contributed by atoms with Crippen molar-refractivity contribution in [3.63, 3.8) is 0 Å². The number of anilines is 2. The van der Waals surface area contributed by atoms with Gasteiger partial charge in [0.2, 0.25) is 5.88 Å². The average molecular weight is 459 g/mol. The summed E-state index contributed by atoms with van der Waals surface area (Å²) in [6, 6.07) is 5.41. The predicted octanol–water partition coefficient (Wildman–Crippen LogP) is 4.66. The van der Waals surface area contributed by atoms with Crippen LogP contribution >= 0.6 is 0 Å². The third-order valence-electron chi connectivity index (χ3n) is 6.51. The van der Waals surface area contributed by atoms with Crippen LogP contribution in [0.1, 0.15) is 49.1 Å². The van der Waals surface area contributed by atoms with Gasteiger partial charge in [-0.2, -0.15) is 5.10 Å². The number of benzene rings is 1. The molecule has 2 bridgehead atoms. The number of aryl methyl sites for hydroxylation is 1. The number of nitrogens with zero attached hydrogens (tertiary/aromatic N) is 4. The molecule has 174 valence electrons. The number of ether oxygens (including phenoxy) is 1. The minimum Gasteiger partial charge on any atom is -0.492 e. The molecule has 1 aromatic carbocycles. The standard InChI is InChI=1S/C23H24F3N5O2/c1-11(15-4-3-5-16(19(15)24)21(25)26)27-22-17-8-18(23(32)28-20(17)12(2)29-30-22)31-13-6-7-14(31)10-33-9-13/h3-5,8,11,13-14,21H,6-7,9-10H2,1-2H3,(H,27,30)(H,28,32)/t11-,13?,14?/m1/s1. The van der Waals surface area contributed by atoms with E-state index < -0.39 is 23.8 Å². The summed E-state index contributed by atoms with van der Waals surface area (Å²) in [7, 11) is 0. The first-order chi connectivity index (χ1) is 15.8. The minimum absolute atomic E-state index is 0.0907. The van der Waals surface area contributed by atoms with Crippen LogP contribution in [0.15, 0.2) is 24.3 Å². The van der Waals surface area contributed by atoms with Gasteiger partial charge >= 0.3 is 0 Å². The molecular formula is C23H24F3N5O2. The van der Waals surface area contributed by atoms with E-state index in [0.29, 0.717) is 41.3 Å². The second kappa shape index (κ2) is 8.33. The van der Waals surface area contributed by atoms with E-state index in [2.05, 4.69) is 25.4 Å². The molecule has 2 aliphatic heterocycles. The maximum absolute atomic E-state index is 14.7. The van der Waals surface area contributed by atoms with E-state index in [1.165, 1.54) is 12.1 Å². The van der Waals surface area contributed by atoms with Gasteiger partial charge in [0.15, 0.2) is 5.82 Å². The van der Waals surface area contributed by atoms with Crippen molar-refractivity contribution in [1.82, 2.24) is 15.2 Å². The second-order valence-corrected chi connectivity index (χ2v) is 8.61. The van der Waals surface area contributed by atoms with Crippen LogP contribution in [0.5, 0.6) is 5.88 Å². The van der Waals surface area contributed by atoms with E-state index >= 15 is 0 Å². The normalized spacial score (nSPS) is 21.1. The number of aromatic nitrogens is 3. The van der Waals surface area contributed by atoms with E-state index in [1.54, 1.807) is 13.8 Å². The van der Waals surface area contributed by atoms with Gasteiger partial charge in [0.25, 0.3) is 6.43 Å². The van der Waals surface area contributed by atoms with Crippen LogP contribution in [-0.2, 0) is 4.74 Å². The molecule has 2 fully saturated rings. The molecule has 2 unspecified atom stereocenters. The molecule has 0 aliphatic carbocycles. The number of aromatic hydroxyl groups is 1. The fourth-order valence-electron chi connectivity index (χ4n) is 4.85. The van der Waals surface area contributed by atoms with Crippen LogP contribution in [0.4, 0.5) is 24.7 Å². The zero-order valence-electron chi connectivity index (χ0n) is 18.2. The highest BCUT2D eigenvalue weighted by Crippen LogP contribution is 2.41. The lowest BCUT2D eigenvalue weighted by Crippen LogP contribution is -2.46. The maximum atomic E-state index is 14.7. The second-order valence-electron chi connectivity index (χ2n) is 8.61. The van der Waals surface area contributed by atoms with Gasteiger partial charge in [-0.3, -0.25) is 0 Å². The molecule has 10 heteroatoms. The molecule has 0 amide bonds. The quantitative estimate of drug-likeness (QED) is 0.574. The number of morpholine rings is 1. The number of fused-ring (bicyclic) bond motifs is 3. The highest BCUT2D eigenvalue weighted by atomic mass is 19.3. The third-order valence-corrected chi connectivity index (χ3v) is 6.51. The molecule has 7 nitrogen and oxygen atoms in total. The Morgan fingerprint density at radius 2 is 1.85 bits per heavy atom. The highest BCUT2D eigenvalue weighted by molar-refractivity contribution is 5.93. The van der Waals surface area contributed by atoms with Crippen molar-refractivity contribution in [3.05, 3.63) is 46.9 Å². The average Bonchev–Trinajstić information content (AvgIpc) is 3.02. The smallest absolute Gasteiger partial charge is 0.266 e. The summed E-state index contributed by atoms with van der Waals surface area (Å²) in [6.07, 6.45) is -0.967. The predicted molar refractivity (Wildman–Crippen MR) is 117 cm³/mol. The van der Waals surface area contributed by atoms with Gasteiger partial charge in [0.05, 0.1) is 42.6 Å². The Kier molecular flexibility index (Phi) is 5.48.